The molecule has 0 spiro atoms. The van der Waals surface area contributed by atoms with Crippen molar-refractivity contribution in [2.45, 2.75) is 45.9 Å². The van der Waals surface area contributed by atoms with Gasteiger partial charge in [-0.15, -0.1) is 0 Å². The van der Waals surface area contributed by atoms with Gasteiger partial charge in [-0.3, -0.25) is 4.90 Å². The number of likely N-dealkylation sites (tertiary alicyclic amines) is 1. The molecule has 1 N–H and O–H groups in total. The van der Waals surface area contributed by atoms with Gasteiger partial charge in [0.15, 0.2) is 6.61 Å². The summed E-state index contributed by atoms with van der Waals surface area (Å²) in [5.41, 5.74) is 1.27. The van der Waals surface area contributed by atoms with Gasteiger partial charge in [-0.25, -0.2) is 0 Å². The van der Waals surface area contributed by atoms with Gasteiger partial charge in [0.2, 0.25) is 11.7 Å². The molecule has 2 aromatic rings. The molecule has 0 aliphatic carbocycles. The number of aromatic nitrogens is 2. The summed E-state index contributed by atoms with van der Waals surface area (Å²) in [5.74, 6) is 2.35. The molecule has 1 aliphatic rings. The van der Waals surface area contributed by atoms with E-state index in [4.69, 9.17) is 9.26 Å². The average Bonchev–Trinajstić information content (AvgIpc) is 3.00. The minimum absolute atomic E-state index is 0.188. The van der Waals surface area contributed by atoms with Gasteiger partial charge in [-0.2, -0.15) is 4.98 Å². The zero-order valence-corrected chi connectivity index (χ0v) is 14.3. The van der Waals surface area contributed by atoms with E-state index in [2.05, 4.69) is 27.2 Å². The number of hydrogen-bond acceptors (Lipinski definition) is 6. The summed E-state index contributed by atoms with van der Waals surface area (Å²) in [4.78, 5) is 6.55. The van der Waals surface area contributed by atoms with Crippen LogP contribution in [-0.2, 0) is 13.2 Å². The summed E-state index contributed by atoms with van der Waals surface area (Å²) in [7, 11) is 0. The van der Waals surface area contributed by atoms with Crippen LogP contribution in [0.15, 0.2) is 28.8 Å². The highest BCUT2D eigenvalue weighted by Gasteiger charge is 2.22. The van der Waals surface area contributed by atoms with Gasteiger partial charge in [-0.05, 0) is 56.5 Å². The highest BCUT2D eigenvalue weighted by Crippen LogP contribution is 2.22. The molecule has 0 saturated carbocycles. The minimum Gasteiger partial charge on any atom is -0.485 e. The Morgan fingerprint density at radius 1 is 1.29 bits per heavy atom. The number of aryl methyl sites for hydroxylation is 1. The number of piperidine rings is 1. The fourth-order valence-electron chi connectivity index (χ4n) is 3.09. The second-order valence-corrected chi connectivity index (χ2v) is 6.52. The third-order valence-electron chi connectivity index (χ3n) is 4.58. The zero-order valence-electron chi connectivity index (χ0n) is 14.3. The number of rotatable bonds is 6. The van der Waals surface area contributed by atoms with Crippen molar-refractivity contribution in [3.63, 3.8) is 0 Å². The number of aliphatic hydroxyl groups excluding tert-OH is 1. The maximum atomic E-state index is 9.67. The molecule has 3 rings (SSSR count). The Kier molecular flexibility index (Phi) is 5.48. The first kappa shape index (κ1) is 16.9. The molecule has 0 amide bonds. The molecule has 1 aliphatic heterocycles. The molecular weight excluding hydrogens is 306 g/mol. The van der Waals surface area contributed by atoms with Crippen molar-refractivity contribution in [1.82, 2.24) is 15.0 Å². The second kappa shape index (κ2) is 7.77. The molecule has 6 heteroatoms. The molecule has 24 heavy (non-hydrogen) atoms. The van der Waals surface area contributed by atoms with Gasteiger partial charge in [-0.1, -0.05) is 17.3 Å². The Balaban J connectivity index is 1.46. The van der Waals surface area contributed by atoms with Crippen molar-refractivity contribution >= 4 is 0 Å². The third kappa shape index (κ3) is 4.55. The van der Waals surface area contributed by atoms with Crippen LogP contribution in [0, 0.1) is 12.8 Å². The van der Waals surface area contributed by atoms with Crippen molar-refractivity contribution in [3.8, 4) is 5.75 Å². The highest BCUT2D eigenvalue weighted by molar-refractivity contribution is 5.27. The molecule has 1 atom stereocenters. The van der Waals surface area contributed by atoms with Gasteiger partial charge < -0.3 is 14.4 Å². The predicted octanol–water partition coefficient (Wildman–Crippen LogP) is 2.55. The number of hydrogen-bond donors (Lipinski definition) is 1. The number of benzene rings is 1. The van der Waals surface area contributed by atoms with Crippen LogP contribution in [0.25, 0.3) is 0 Å². The number of ether oxygens (including phenoxy) is 1. The Labute approximate surface area is 142 Å². The van der Waals surface area contributed by atoms with Crippen molar-refractivity contribution in [2.75, 3.05) is 13.1 Å². The summed E-state index contributed by atoms with van der Waals surface area (Å²) in [6.07, 6.45) is 1.96. The van der Waals surface area contributed by atoms with E-state index in [1.54, 1.807) is 6.92 Å². The van der Waals surface area contributed by atoms with Crippen LogP contribution in [0.1, 0.15) is 37.0 Å². The summed E-state index contributed by atoms with van der Waals surface area (Å²) < 4.78 is 10.6. The Bertz CT molecular complexity index is 631. The quantitative estimate of drug-likeness (QED) is 0.877. The lowest BCUT2D eigenvalue weighted by atomic mass is 9.92. The second-order valence-electron chi connectivity index (χ2n) is 6.52. The first-order valence-corrected chi connectivity index (χ1v) is 8.51. The van der Waals surface area contributed by atoms with Gasteiger partial charge in [0.1, 0.15) is 5.75 Å². The van der Waals surface area contributed by atoms with Crippen LogP contribution in [0.3, 0.4) is 0 Å². The first-order valence-electron chi connectivity index (χ1n) is 8.51. The normalized spacial score (nSPS) is 17.8. The van der Waals surface area contributed by atoms with Crippen LogP contribution >= 0.6 is 0 Å². The molecular formula is C18H25N3O3. The Hall–Kier alpha value is -1.92. The van der Waals surface area contributed by atoms with E-state index < -0.39 is 0 Å². The third-order valence-corrected chi connectivity index (χ3v) is 4.58. The standard InChI is InChI=1S/C18H25N3O3/c1-13(22)16-7-9-21(10-8-16)11-15-3-5-17(6-4-15)23-12-18-19-14(2)24-20-18/h3-6,13,16,22H,7-12H2,1-2H3. The van der Waals surface area contributed by atoms with E-state index in [1.807, 2.05) is 19.1 Å². The van der Waals surface area contributed by atoms with E-state index in [0.717, 1.165) is 38.2 Å². The van der Waals surface area contributed by atoms with Crippen LogP contribution in [0.4, 0.5) is 0 Å². The van der Waals surface area contributed by atoms with Crippen molar-refractivity contribution in [1.29, 1.82) is 0 Å². The SMILES string of the molecule is Cc1nc(COc2ccc(CN3CCC(C(C)O)CC3)cc2)no1. The first-order chi connectivity index (χ1) is 11.6. The van der Waals surface area contributed by atoms with Crippen LogP contribution in [0.2, 0.25) is 0 Å². The summed E-state index contributed by atoms with van der Waals surface area (Å²) in [6.45, 7) is 7.00. The van der Waals surface area contributed by atoms with Crippen LogP contribution < -0.4 is 4.74 Å². The average molecular weight is 331 g/mol. The molecule has 1 aromatic heterocycles. The van der Waals surface area contributed by atoms with E-state index in [9.17, 15) is 5.11 Å². The Morgan fingerprint density at radius 3 is 2.58 bits per heavy atom. The largest absolute Gasteiger partial charge is 0.485 e. The molecule has 1 fully saturated rings. The molecule has 0 radical (unpaired) electrons. The molecule has 6 nitrogen and oxygen atoms in total. The van der Waals surface area contributed by atoms with Crippen molar-refractivity contribution in [3.05, 3.63) is 41.5 Å². The Morgan fingerprint density at radius 2 is 2.00 bits per heavy atom. The zero-order chi connectivity index (χ0) is 16.9. The van der Waals surface area contributed by atoms with E-state index >= 15 is 0 Å². The highest BCUT2D eigenvalue weighted by atomic mass is 16.5. The number of aliphatic hydroxyl groups is 1. The summed E-state index contributed by atoms with van der Waals surface area (Å²) >= 11 is 0. The monoisotopic (exact) mass is 331 g/mol. The number of nitrogens with zero attached hydrogens (tertiary/aromatic N) is 3. The van der Waals surface area contributed by atoms with Gasteiger partial charge in [0.05, 0.1) is 6.10 Å². The topological polar surface area (TPSA) is 71.6 Å². The summed E-state index contributed by atoms with van der Waals surface area (Å²) in [6, 6.07) is 8.14. The van der Waals surface area contributed by atoms with Crippen LogP contribution in [0.5, 0.6) is 5.75 Å². The van der Waals surface area contributed by atoms with Gasteiger partial charge in [0, 0.05) is 13.5 Å². The van der Waals surface area contributed by atoms with E-state index in [0.29, 0.717) is 24.2 Å². The van der Waals surface area contributed by atoms with Crippen LogP contribution in [-0.4, -0.2) is 39.3 Å². The van der Waals surface area contributed by atoms with E-state index in [1.165, 1.54) is 5.56 Å². The maximum absolute atomic E-state index is 9.67. The van der Waals surface area contributed by atoms with Gasteiger partial charge in [0.25, 0.3) is 0 Å². The molecule has 0 bridgehead atoms. The van der Waals surface area contributed by atoms with Gasteiger partial charge >= 0.3 is 0 Å². The maximum Gasteiger partial charge on any atom is 0.223 e. The molecule has 130 valence electrons. The van der Waals surface area contributed by atoms with E-state index in [-0.39, 0.29) is 6.10 Å². The summed E-state index contributed by atoms with van der Waals surface area (Å²) in [5, 5.41) is 13.5. The lowest BCUT2D eigenvalue weighted by Gasteiger charge is -2.33. The molecule has 2 heterocycles. The lowest BCUT2D eigenvalue weighted by Crippen LogP contribution is -2.36. The molecule has 1 aromatic carbocycles. The van der Waals surface area contributed by atoms with Crippen molar-refractivity contribution in [2.24, 2.45) is 5.92 Å². The fourth-order valence-corrected chi connectivity index (χ4v) is 3.09. The fraction of sp³-hybridized carbons (Fsp3) is 0.556. The molecule has 1 saturated heterocycles. The predicted molar refractivity (Wildman–Crippen MR) is 89.5 cm³/mol. The minimum atomic E-state index is -0.188. The van der Waals surface area contributed by atoms with Crippen molar-refractivity contribution < 1.29 is 14.4 Å². The lowest BCUT2D eigenvalue weighted by molar-refractivity contribution is 0.0695. The smallest absolute Gasteiger partial charge is 0.223 e. The molecule has 1 unspecified atom stereocenters.